The van der Waals surface area contributed by atoms with Gasteiger partial charge in [-0.2, -0.15) is 0 Å². The molecule has 0 bridgehead atoms. The van der Waals surface area contributed by atoms with Gasteiger partial charge in [-0.1, -0.05) is 12.1 Å². The molecular weight excluding hydrogens is 282 g/mol. The fourth-order valence-electron chi connectivity index (χ4n) is 1.91. The van der Waals surface area contributed by atoms with Gasteiger partial charge in [0, 0.05) is 11.1 Å². The van der Waals surface area contributed by atoms with E-state index < -0.39 is 5.91 Å². The summed E-state index contributed by atoms with van der Waals surface area (Å²) in [6.07, 6.45) is 0.759. The van der Waals surface area contributed by atoms with Crippen LogP contribution in [0.25, 0.3) is 0 Å². The monoisotopic (exact) mass is 299 g/mol. The molecule has 0 aliphatic heterocycles. The molecule has 0 heterocycles. The molecule has 2 aromatic rings. The smallest absolute Gasteiger partial charge is 0.248 e. The number of carbonyl (C=O) groups is 2. The van der Waals surface area contributed by atoms with Crippen LogP contribution in [0.4, 0.5) is 0 Å². The summed E-state index contributed by atoms with van der Waals surface area (Å²) in [4.78, 5) is 21.8. The number of primary amides is 1. The number of aldehydes is 1. The maximum atomic E-state index is 11.0. The Morgan fingerprint density at radius 3 is 2.41 bits per heavy atom. The van der Waals surface area contributed by atoms with Gasteiger partial charge in [0.05, 0.1) is 6.61 Å². The summed E-state index contributed by atoms with van der Waals surface area (Å²) in [5.74, 6) is 0.628. The molecule has 0 saturated heterocycles. The van der Waals surface area contributed by atoms with Crippen molar-refractivity contribution in [3.8, 4) is 11.5 Å². The average molecular weight is 299 g/mol. The fourth-order valence-corrected chi connectivity index (χ4v) is 1.91. The summed E-state index contributed by atoms with van der Waals surface area (Å²) in [5.41, 5.74) is 7.07. The van der Waals surface area contributed by atoms with Crippen LogP contribution >= 0.6 is 0 Å². The second-order valence-electron chi connectivity index (χ2n) is 4.61. The normalized spacial score (nSPS) is 10.0. The number of amides is 1. The number of carbonyl (C=O) groups excluding carboxylic acids is 2. The van der Waals surface area contributed by atoms with E-state index in [-0.39, 0.29) is 0 Å². The summed E-state index contributed by atoms with van der Waals surface area (Å²) in [5, 5.41) is 0. The highest BCUT2D eigenvalue weighted by molar-refractivity contribution is 5.92. The topological polar surface area (TPSA) is 78.6 Å². The van der Waals surface area contributed by atoms with E-state index in [0.717, 1.165) is 11.8 Å². The van der Waals surface area contributed by atoms with Gasteiger partial charge in [-0.25, -0.2) is 0 Å². The molecule has 114 valence electrons. The first-order valence-electron chi connectivity index (χ1n) is 6.87. The number of hydrogen-bond donors (Lipinski definition) is 1. The summed E-state index contributed by atoms with van der Waals surface area (Å²) in [6, 6.07) is 11.9. The van der Waals surface area contributed by atoms with Crippen LogP contribution in [-0.4, -0.2) is 18.8 Å². The van der Waals surface area contributed by atoms with Crippen LogP contribution in [-0.2, 0) is 6.61 Å². The average Bonchev–Trinajstić information content (AvgIpc) is 2.54. The van der Waals surface area contributed by atoms with Crippen molar-refractivity contribution < 1.29 is 19.1 Å². The lowest BCUT2D eigenvalue weighted by molar-refractivity contribution is 0.0999. The molecule has 22 heavy (non-hydrogen) atoms. The minimum absolute atomic E-state index is 0.319. The Kier molecular flexibility index (Phi) is 5.14. The third-order valence-electron chi connectivity index (χ3n) is 3.04. The van der Waals surface area contributed by atoms with Gasteiger partial charge in [0.25, 0.3) is 0 Å². The Labute approximate surface area is 128 Å². The van der Waals surface area contributed by atoms with E-state index >= 15 is 0 Å². The highest BCUT2D eigenvalue weighted by Gasteiger charge is 2.07. The van der Waals surface area contributed by atoms with Crippen LogP contribution in [0.1, 0.15) is 33.2 Å². The molecule has 0 saturated carbocycles. The number of benzene rings is 2. The molecule has 1 amide bonds. The Hall–Kier alpha value is -2.82. The molecule has 2 N–H and O–H groups in total. The van der Waals surface area contributed by atoms with Crippen LogP contribution in [0.15, 0.2) is 42.5 Å². The first kappa shape index (κ1) is 15.6. The van der Waals surface area contributed by atoms with Crippen molar-refractivity contribution >= 4 is 12.2 Å². The minimum Gasteiger partial charge on any atom is -0.490 e. The lowest BCUT2D eigenvalue weighted by Crippen LogP contribution is -2.10. The summed E-state index contributed by atoms with van der Waals surface area (Å²) in [6.45, 7) is 2.66. The first-order valence-corrected chi connectivity index (χ1v) is 6.87. The van der Waals surface area contributed by atoms with Gasteiger partial charge >= 0.3 is 0 Å². The molecule has 0 atom stereocenters. The lowest BCUT2D eigenvalue weighted by atomic mass is 10.1. The van der Waals surface area contributed by atoms with Crippen molar-refractivity contribution in [3.63, 3.8) is 0 Å². The maximum Gasteiger partial charge on any atom is 0.248 e. The van der Waals surface area contributed by atoms with Crippen molar-refractivity contribution in [3.05, 3.63) is 59.2 Å². The van der Waals surface area contributed by atoms with Gasteiger partial charge in [0.1, 0.15) is 12.9 Å². The quantitative estimate of drug-likeness (QED) is 0.797. The van der Waals surface area contributed by atoms with Crippen molar-refractivity contribution in [2.45, 2.75) is 13.5 Å². The maximum absolute atomic E-state index is 11.0. The van der Waals surface area contributed by atoms with Gasteiger partial charge in [-0.3, -0.25) is 9.59 Å². The molecule has 0 radical (unpaired) electrons. The highest BCUT2D eigenvalue weighted by Crippen LogP contribution is 2.28. The van der Waals surface area contributed by atoms with Crippen molar-refractivity contribution in [2.75, 3.05) is 6.61 Å². The number of rotatable bonds is 7. The van der Waals surface area contributed by atoms with E-state index in [1.54, 1.807) is 42.5 Å². The van der Waals surface area contributed by atoms with Crippen LogP contribution in [0.5, 0.6) is 11.5 Å². The van der Waals surface area contributed by atoms with E-state index in [2.05, 4.69) is 0 Å². The standard InChI is InChI=1S/C17H17NO4/c1-2-21-16-9-13(10-19)5-8-15(16)22-11-12-3-6-14(7-4-12)17(18)20/h3-10H,2,11H2,1H3,(H2,18,20). The molecule has 0 spiro atoms. The van der Waals surface area contributed by atoms with Crippen molar-refractivity contribution in [2.24, 2.45) is 5.73 Å². The largest absolute Gasteiger partial charge is 0.490 e. The zero-order valence-electron chi connectivity index (χ0n) is 12.2. The zero-order chi connectivity index (χ0) is 15.9. The molecular formula is C17H17NO4. The van der Waals surface area contributed by atoms with Gasteiger partial charge in [0.2, 0.25) is 5.91 Å². The lowest BCUT2D eigenvalue weighted by Gasteiger charge is -2.12. The van der Waals surface area contributed by atoms with Crippen LogP contribution in [0, 0.1) is 0 Å². The van der Waals surface area contributed by atoms with Crippen LogP contribution in [0.2, 0.25) is 0 Å². The van der Waals surface area contributed by atoms with Crippen molar-refractivity contribution in [1.29, 1.82) is 0 Å². The van der Waals surface area contributed by atoms with Gasteiger partial charge in [0.15, 0.2) is 11.5 Å². The zero-order valence-corrected chi connectivity index (χ0v) is 12.2. The molecule has 5 heteroatoms. The van der Waals surface area contributed by atoms with Gasteiger partial charge in [-0.05, 0) is 42.8 Å². The summed E-state index contributed by atoms with van der Waals surface area (Å²) < 4.78 is 11.2. The Balaban J connectivity index is 2.10. The molecule has 0 aliphatic carbocycles. The van der Waals surface area contributed by atoms with Crippen molar-refractivity contribution in [1.82, 2.24) is 0 Å². The molecule has 2 rings (SSSR count). The van der Waals surface area contributed by atoms with E-state index in [1.165, 1.54) is 0 Å². The summed E-state index contributed by atoms with van der Waals surface area (Å²) in [7, 11) is 0. The van der Waals surface area contributed by atoms with E-state index in [9.17, 15) is 9.59 Å². The molecule has 0 fully saturated rings. The van der Waals surface area contributed by atoms with Gasteiger partial charge < -0.3 is 15.2 Å². The molecule has 0 aliphatic rings. The number of ether oxygens (including phenoxy) is 2. The SMILES string of the molecule is CCOc1cc(C=O)ccc1OCc1ccc(C(N)=O)cc1. The molecule has 0 aromatic heterocycles. The Bertz CT molecular complexity index is 665. The molecule has 5 nitrogen and oxygen atoms in total. The number of nitrogens with two attached hydrogens (primary N) is 1. The summed E-state index contributed by atoms with van der Waals surface area (Å²) >= 11 is 0. The van der Waals surface area contributed by atoms with Crippen LogP contribution in [0.3, 0.4) is 0 Å². The fraction of sp³-hybridized carbons (Fsp3) is 0.176. The predicted octanol–water partition coefficient (Wildman–Crippen LogP) is 2.58. The van der Waals surface area contributed by atoms with E-state index in [1.807, 2.05) is 6.92 Å². The van der Waals surface area contributed by atoms with E-state index in [0.29, 0.717) is 35.8 Å². The third kappa shape index (κ3) is 3.85. The number of hydrogen-bond acceptors (Lipinski definition) is 4. The Morgan fingerprint density at radius 2 is 1.82 bits per heavy atom. The predicted molar refractivity (Wildman–Crippen MR) is 82.3 cm³/mol. The second-order valence-corrected chi connectivity index (χ2v) is 4.61. The highest BCUT2D eigenvalue weighted by atomic mass is 16.5. The minimum atomic E-state index is -0.462. The van der Waals surface area contributed by atoms with E-state index in [4.69, 9.17) is 15.2 Å². The third-order valence-corrected chi connectivity index (χ3v) is 3.04. The molecule has 2 aromatic carbocycles. The Morgan fingerprint density at radius 1 is 1.09 bits per heavy atom. The van der Waals surface area contributed by atoms with Gasteiger partial charge in [-0.15, -0.1) is 0 Å². The second kappa shape index (κ2) is 7.26. The first-order chi connectivity index (χ1) is 10.6. The molecule has 0 unspecified atom stereocenters. The van der Waals surface area contributed by atoms with Crippen LogP contribution < -0.4 is 15.2 Å².